The van der Waals surface area contributed by atoms with Crippen LogP contribution in [0.1, 0.15) is 29.9 Å². The van der Waals surface area contributed by atoms with E-state index in [-0.39, 0.29) is 17.7 Å². The van der Waals surface area contributed by atoms with Crippen molar-refractivity contribution in [3.8, 4) is 0 Å². The highest BCUT2D eigenvalue weighted by Gasteiger charge is 2.31. The summed E-state index contributed by atoms with van der Waals surface area (Å²) in [7, 11) is 0. The second-order valence-corrected chi connectivity index (χ2v) is 8.55. The third-order valence-corrected chi connectivity index (χ3v) is 5.93. The number of nitrogens with zero attached hydrogens (tertiary/aromatic N) is 2. The van der Waals surface area contributed by atoms with Crippen molar-refractivity contribution in [2.45, 2.75) is 26.4 Å². The second-order valence-electron chi connectivity index (χ2n) is 8.55. The summed E-state index contributed by atoms with van der Waals surface area (Å²) in [6, 6.07) is 19.4. The SMILES string of the molecule is CC(C)C(NC(=O)c1cc2ccccc2[nH]1)C(=O)N1CCN(Cc2ccccc2)CC1. The summed E-state index contributed by atoms with van der Waals surface area (Å²) in [5, 5.41) is 3.95. The van der Waals surface area contributed by atoms with Crippen LogP contribution >= 0.6 is 0 Å². The van der Waals surface area contributed by atoms with Crippen LogP contribution in [0.25, 0.3) is 10.9 Å². The van der Waals surface area contributed by atoms with Crippen LogP contribution in [0.2, 0.25) is 0 Å². The van der Waals surface area contributed by atoms with Gasteiger partial charge in [-0.15, -0.1) is 0 Å². The molecule has 2 aromatic carbocycles. The van der Waals surface area contributed by atoms with Crippen LogP contribution in [-0.4, -0.2) is 58.8 Å². The second kappa shape index (κ2) is 9.35. The van der Waals surface area contributed by atoms with Crippen molar-refractivity contribution >= 4 is 22.7 Å². The maximum Gasteiger partial charge on any atom is 0.268 e. The topological polar surface area (TPSA) is 68.4 Å². The molecule has 162 valence electrons. The molecule has 6 heteroatoms. The highest BCUT2D eigenvalue weighted by molar-refractivity contribution is 6.00. The lowest BCUT2D eigenvalue weighted by molar-refractivity contribution is -0.136. The lowest BCUT2D eigenvalue weighted by atomic mass is 10.0. The van der Waals surface area contributed by atoms with Crippen LogP contribution in [-0.2, 0) is 11.3 Å². The van der Waals surface area contributed by atoms with Crippen LogP contribution < -0.4 is 5.32 Å². The summed E-state index contributed by atoms with van der Waals surface area (Å²) in [4.78, 5) is 33.5. The van der Waals surface area contributed by atoms with Gasteiger partial charge in [-0.2, -0.15) is 0 Å². The molecule has 1 fully saturated rings. The molecule has 1 aromatic heterocycles. The maximum absolute atomic E-state index is 13.2. The number of nitrogens with one attached hydrogen (secondary N) is 2. The third-order valence-electron chi connectivity index (χ3n) is 5.93. The van der Waals surface area contributed by atoms with Gasteiger partial charge >= 0.3 is 0 Å². The maximum atomic E-state index is 13.2. The molecule has 0 saturated carbocycles. The first-order chi connectivity index (χ1) is 15.0. The molecule has 0 aliphatic carbocycles. The van der Waals surface area contributed by atoms with E-state index in [0.717, 1.165) is 30.5 Å². The lowest BCUT2D eigenvalue weighted by Gasteiger charge is -2.37. The molecule has 3 aromatic rings. The van der Waals surface area contributed by atoms with Crippen molar-refractivity contribution in [2.75, 3.05) is 26.2 Å². The van der Waals surface area contributed by atoms with Crippen molar-refractivity contribution in [3.05, 3.63) is 71.9 Å². The van der Waals surface area contributed by atoms with Gasteiger partial charge in [-0.3, -0.25) is 14.5 Å². The summed E-state index contributed by atoms with van der Waals surface area (Å²) >= 11 is 0. The van der Waals surface area contributed by atoms with E-state index in [0.29, 0.717) is 18.8 Å². The normalized spacial score (nSPS) is 15.9. The number of para-hydroxylation sites is 1. The molecule has 2 heterocycles. The number of amides is 2. The predicted molar refractivity (Wildman–Crippen MR) is 123 cm³/mol. The first-order valence-electron chi connectivity index (χ1n) is 10.9. The van der Waals surface area contributed by atoms with E-state index in [1.165, 1.54) is 5.56 Å². The zero-order valence-corrected chi connectivity index (χ0v) is 18.2. The molecule has 1 aliphatic rings. The standard InChI is InChI=1S/C25H30N4O2/c1-18(2)23(27-24(30)22-16-20-10-6-7-11-21(20)26-22)25(31)29-14-12-28(13-15-29)17-19-8-4-3-5-9-19/h3-11,16,18,23,26H,12-15,17H2,1-2H3,(H,27,30). The Morgan fingerprint density at radius 3 is 2.32 bits per heavy atom. The number of rotatable bonds is 6. The van der Waals surface area contributed by atoms with Crippen LogP contribution in [0, 0.1) is 5.92 Å². The zero-order chi connectivity index (χ0) is 21.8. The smallest absolute Gasteiger partial charge is 0.268 e. The van der Waals surface area contributed by atoms with Crippen molar-refractivity contribution < 1.29 is 9.59 Å². The molecule has 0 radical (unpaired) electrons. The molecule has 1 unspecified atom stereocenters. The fraction of sp³-hybridized carbons (Fsp3) is 0.360. The van der Waals surface area contributed by atoms with Gasteiger partial charge in [-0.05, 0) is 23.6 Å². The Morgan fingerprint density at radius 2 is 1.65 bits per heavy atom. The van der Waals surface area contributed by atoms with E-state index in [1.807, 2.05) is 55.1 Å². The van der Waals surface area contributed by atoms with Gasteiger partial charge < -0.3 is 15.2 Å². The van der Waals surface area contributed by atoms with Crippen LogP contribution in [0.15, 0.2) is 60.7 Å². The molecule has 1 saturated heterocycles. The Balaban J connectivity index is 1.36. The molecule has 1 atom stereocenters. The van der Waals surface area contributed by atoms with Crippen LogP contribution in [0.3, 0.4) is 0 Å². The monoisotopic (exact) mass is 418 g/mol. The largest absolute Gasteiger partial charge is 0.351 e. The highest BCUT2D eigenvalue weighted by Crippen LogP contribution is 2.16. The number of hydrogen-bond acceptors (Lipinski definition) is 3. The molecule has 2 N–H and O–H groups in total. The van der Waals surface area contributed by atoms with Crippen molar-refractivity contribution in [1.29, 1.82) is 0 Å². The van der Waals surface area contributed by atoms with Gasteiger partial charge in [-0.25, -0.2) is 0 Å². The Morgan fingerprint density at radius 1 is 0.968 bits per heavy atom. The lowest BCUT2D eigenvalue weighted by Crippen LogP contribution is -2.56. The number of fused-ring (bicyclic) bond motifs is 1. The molecule has 4 rings (SSSR count). The quantitative estimate of drug-likeness (QED) is 0.646. The summed E-state index contributed by atoms with van der Waals surface area (Å²) in [6.45, 7) is 7.87. The van der Waals surface area contributed by atoms with Gasteiger partial charge in [0.25, 0.3) is 5.91 Å². The number of carbonyl (C=O) groups excluding carboxylic acids is 2. The minimum Gasteiger partial charge on any atom is -0.351 e. The molecular formula is C25H30N4O2. The third kappa shape index (κ3) is 4.97. The van der Waals surface area contributed by atoms with E-state index in [9.17, 15) is 9.59 Å². The zero-order valence-electron chi connectivity index (χ0n) is 18.2. The van der Waals surface area contributed by atoms with Gasteiger partial charge in [0.2, 0.25) is 5.91 Å². The Labute approximate surface area is 183 Å². The van der Waals surface area contributed by atoms with E-state index in [2.05, 4.69) is 39.5 Å². The van der Waals surface area contributed by atoms with E-state index in [1.54, 1.807) is 0 Å². The highest BCUT2D eigenvalue weighted by atomic mass is 16.2. The number of H-pyrrole nitrogens is 1. The number of hydrogen-bond donors (Lipinski definition) is 2. The molecule has 0 bridgehead atoms. The van der Waals surface area contributed by atoms with E-state index < -0.39 is 6.04 Å². The molecule has 6 nitrogen and oxygen atoms in total. The number of benzene rings is 2. The Kier molecular flexibility index (Phi) is 6.37. The van der Waals surface area contributed by atoms with Gasteiger partial charge in [0.15, 0.2) is 0 Å². The first-order valence-corrected chi connectivity index (χ1v) is 10.9. The summed E-state index contributed by atoms with van der Waals surface area (Å²) < 4.78 is 0. The molecule has 31 heavy (non-hydrogen) atoms. The van der Waals surface area contributed by atoms with Crippen molar-refractivity contribution in [1.82, 2.24) is 20.1 Å². The fourth-order valence-electron chi connectivity index (χ4n) is 4.09. The van der Waals surface area contributed by atoms with Gasteiger partial charge in [0.1, 0.15) is 11.7 Å². The van der Waals surface area contributed by atoms with Gasteiger partial charge in [0, 0.05) is 43.6 Å². The Hall–Kier alpha value is -3.12. The average molecular weight is 419 g/mol. The number of aromatic nitrogens is 1. The number of piperazine rings is 1. The van der Waals surface area contributed by atoms with Crippen LogP contribution in [0.5, 0.6) is 0 Å². The minimum atomic E-state index is -0.542. The molecule has 0 spiro atoms. The van der Waals surface area contributed by atoms with E-state index in [4.69, 9.17) is 0 Å². The summed E-state index contributed by atoms with van der Waals surface area (Å²) in [5.74, 6) is -0.243. The molecule has 2 amide bonds. The average Bonchev–Trinajstić information content (AvgIpc) is 3.22. The minimum absolute atomic E-state index is 0.00109. The summed E-state index contributed by atoms with van der Waals surface area (Å²) in [6.07, 6.45) is 0. The molecule has 1 aliphatic heterocycles. The van der Waals surface area contributed by atoms with Crippen LogP contribution in [0.4, 0.5) is 0 Å². The fourth-order valence-corrected chi connectivity index (χ4v) is 4.09. The van der Waals surface area contributed by atoms with Gasteiger partial charge in [-0.1, -0.05) is 62.4 Å². The first kappa shape index (κ1) is 21.1. The van der Waals surface area contributed by atoms with Gasteiger partial charge in [0.05, 0.1) is 0 Å². The number of carbonyl (C=O) groups is 2. The summed E-state index contributed by atoms with van der Waals surface area (Å²) in [5.41, 5.74) is 2.68. The molecular weight excluding hydrogens is 388 g/mol. The van der Waals surface area contributed by atoms with E-state index >= 15 is 0 Å². The Bertz CT molecular complexity index is 1000. The van der Waals surface area contributed by atoms with Crippen molar-refractivity contribution in [2.24, 2.45) is 5.92 Å². The van der Waals surface area contributed by atoms with Crippen molar-refractivity contribution in [3.63, 3.8) is 0 Å². The number of aromatic amines is 1. The predicted octanol–water partition coefficient (Wildman–Crippen LogP) is 3.27.